The van der Waals surface area contributed by atoms with Crippen LogP contribution in [0.1, 0.15) is 39.5 Å². The molecule has 0 radical (unpaired) electrons. The fraction of sp³-hybridized carbons (Fsp3) is 1.00. The van der Waals surface area contributed by atoms with Gasteiger partial charge in [-0.15, -0.1) is 0 Å². The summed E-state index contributed by atoms with van der Waals surface area (Å²) in [5.74, 6) is 0. The maximum absolute atomic E-state index is 9.52. The highest BCUT2D eigenvalue weighted by molar-refractivity contribution is 4.67. The third kappa shape index (κ3) is 9.96. The molecule has 0 fully saturated rings. The smallest absolute Gasteiger partial charge is 0.0603 e. The van der Waals surface area contributed by atoms with E-state index < -0.39 is 5.60 Å². The largest absolute Gasteiger partial charge is 0.396 e. The van der Waals surface area contributed by atoms with Crippen LogP contribution >= 0.6 is 0 Å². The van der Waals surface area contributed by atoms with E-state index in [0.717, 1.165) is 38.8 Å². The molecular weight excluding hydrogens is 178 g/mol. The summed E-state index contributed by atoms with van der Waals surface area (Å²) < 4.78 is 0. The van der Waals surface area contributed by atoms with Crippen molar-refractivity contribution in [3.05, 3.63) is 0 Å². The summed E-state index contributed by atoms with van der Waals surface area (Å²) in [6.45, 7) is 5.96. The van der Waals surface area contributed by atoms with Gasteiger partial charge in [-0.05, 0) is 53.1 Å². The van der Waals surface area contributed by atoms with Crippen molar-refractivity contribution in [2.24, 2.45) is 0 Å². The number of aliphatic hydroxyl groups is 2. The van der Waals surface area contributed by atoms with Gasteiger partial charge in [-0.1, -0.05) is 0 Å². The standard InChI is InChI=1S/C11H25NO2/c1-11(2,14)7-9-12(3)8-5-4-6-10-13/h13-14H,4-10H2,1-3H3. The van der Waals surface area contributed by atoms with Gasteiger partial charge in [-0.3, -0.25) is 0 Å². The Labute approximate surface area is 87.7 Å². The summed E-state index contributed by atoms with van der Waals surface area (Å²) in [6, 6.07) is 0. The molecule has 0 saturated heterocycles. The fourth-order valence-corrected chi connectivity index (χ4v) is 1.25. The second kappa shape index (κ2) is 7.21. The lowest BCUT2D eigenvalue weighted by molar-refractivity contribution is 0.0605. The monoisotopic (exact) mass is 203 g/mol. The Balaban J connectivity index is 3.32. The van der Waals surface area contributed by atoms with Gasteiger partial charge in [0, 0.05) is 13.2 Å². The Bertz CT molecular complexity index is 132. The molecule has 3 nitrogen and oxygen atoms in total. The minimum absolute atomic E-state index is 0.299. The third-order valence-electron chi connectivity index (χ3n) is 2.30. The van der Waals surface area contributed by atoms with Crippen molar-refractivity contribution in [1.82, 2.24) is 4.90 Å². The third-order valence-corrected chi connectivity index (χ3v) is 2.30. The number of hydrogen-bond acceptors (Lipinski definition) is 3. The zero-order valence-electron chi connectivity index (χ0n) is 9.79. The van der Waals surface area contributed by atoms with Gasteiger partial charge in [0.2, 0.25) is 0 Å². The topological polar surface area (TPSA) is 43.7 Å². The van der Waals surface area contributed by atoms with E-state index >= 15 is 0 Å². The maximum Gasteiger partial charge on any atom is 0.0603 e. The van der Waals surface area contributed by atoms with Crippen LogP contribution in [0.4, 0.5) is 0 Å². The molecule has 86 valence electrons. The second-order valence-corrected chi connectivity index (χ2v) is 4.65. The molecule has 2 N–H and O–H groups in total. The Morgan fingerprint density at radius 2 is 1.71 bits per heavy atom. The summed E-state index contributed by atoms with van der Waals surface area (Å²) in [5, 5.41) is 18.1. The van der Waals surface area contributed by atoms with E-state index in [0.29, 0.717) is 6.61 Å². The highest BCUT2D eigenvalue weighted by atomic mass is 16.3. The predicted molar refractivity (Wildman–Crippen MR) is 59.3 cm³/mol. The van der Waals surface area contributed by atoms with Crippen molar-refractivity contribution in [2.45, 2.75) is 45.1 Å². The summed E-state index contributed by atoms with van der Waals surface area (Å²) in [6.07, 6.45) is 3.93. The van der Waals surface area contributed by atoms with Gasteiger partial charge in [0.1, 0.15) is 0 Å². The molecule has 0 aromatic carbocycles. The predicted octanol–water partition coefficient (Wildman–Crippen LogP) is 1.24. The highest BCUT2D eigenvalue weighted by Crippen LogP contribution is 2.08. The molecule has 0 aliphatic heterocycles. The van der Waals surface area contributed by atoms with Crippen molar-refractivity contribution in [2.75, 3.05) is 26.7 Å². The number of unbranched alkanes of at least 4 members (excludes halogenated alkanes) is 2. The molecule has 0 saturated carbocycles. The summed E-state index contributed by atoms with van der Waals surface area (Å²) in [5.41, 5.74) is -0.556. The van der Waals surface area contributed by atoms with Crippen LogP contribution in [0.3, 0.4) is 0 Å². The first-order chi connectivity index (χ1) is 6.45. The lowest BCUT2D eigenvalue weighted by Gasteiger charge is -2.22. The van der Waals surface area contributed by atoms with E-state index in [4.69, 9.17) is 5.11 Å². The van der Waals surface area contributed by atoms with E-state index in [-0.39, 0.29) is 0 Å². The van der Waals surface area contributed by atoms with Crippen molar-refractivity contribution in [1.29, 1.82) is 0 Å². The van der Waals surface area contributed by atoms with Crippen LogP contribution < -0.4 is 0 Å². The van der Waals surface area contributed by atoms with Crippen LogP contribution in [0.25, 0.3) is 0 Å². The summed E-state index contributed by atoms with van der Waals surface area (Å²) in [4.78, 5) is 2.23. The van der Waals surface area contributed by atoms with E-state index in [1.807, 2.05) is 13.8 Å². The van der Waals surface area contributed by atoms with Gasteiger partial charge in [0.05, 0.1) is 5.60 Å². The zero-order valence-corrected chi connectivity index (χ0v) is 9.79. The van der Waals surface area contributed by atoms with Crippen LogP contribution in [-0.2, 0) is 0 Å². The second-order valence-electron chi connectivity index (χ2n) is 4.65. The molecule has 0 rings (SSSR count). The maximum atomic E-state index is 9.52. The number of hydrogen-bond donors (Lipinski definition) is 2. The average Bonchev–Trinajstić information content (AvgIpc) is 2.08. The molecule has 0 amide bonds. The molecule has 0 atom stereocenters. The van der Waals surface area contributed by atoms with Gasteiger partial charge >= 0.3 is 0 Å². The SMILES string of the molecule is CN(CCCCCO)CCC(C)(C)O. The first-order valence-corrected chi connectivity index (χ1v) is 5.47. The molecule has 0 aliphatic carbocycles. The molecular formula is C11H25NO2. The molecule has 0 bridgehead atoms. The summed E-state index contributed by atoms with van der Waals surface area (Å²) in [7, 11) is 2.07. The minimum atomic E-state index is -0.556. The van der Waals surface area contributed by atoms with Crippen LogP contribution in [0.5, 0.6) is 0 Å². The van der Waals surface area contributed by atoms with Crippen LogP contribution in [0.2, 0.25) is 0 Å². The number of rotatable bonds is 8. The van der Waals surface area contributed by atoms with E-state index in [2.05, 4.69) is 11.9 Å². The average molecular weight is 203 g/mol. The van der Waals surface area contributed by atoms with Crippen LogP contribution in [-0.4, -0.2) is 47.5 Å². The van der Waals surface area contributed by atoms with Crippen LogP contribution in [0.15, 0.2) is 0 Å². The van der Waals surface area contributed by atoms with Gasteiger partial charge in [0.25, 0.3) is 0 Å². The van der Waals surface area contributed by atoms with Crippen molar-refractivity contribution >= 4 is 0 Å². The molecule has 14 heavy (non-hydrogen) atoms. The molecule has 0 heterocycles. The number of nitrogens with zero attached hydrogens (tertiary/aromatic N) is 1. The fourth-order valence-electron chi connectivity index (χ4n) is 1.25. The number of aliphatic hydroxyl groups excluding tert-OH is 1. The van der Waals surface area contributed by atoms with Gasteiger partial charge in [-0.2, -0.15) is 0 Å². The first kappa shape index (κ1) is 13.9. The Morgan fingerprint density at radius 3 is 2.21 bits per heavy atom. The van der Waals surface area contributed by atoms with Crippen molar-refractivity contribution in [3.8, 4) is 0 Å². The lowest BCUT2D eigenvalue weighted by atomic mass is 10.1. The zero-order chi connectivity index (χ0) is 11.0. The van der Waals surface area contributed by atoms with Gasteiger partial charge in [0.15, 0.2) is 0 Å². The van der Waals surface area contributed by atoms with E-state index in [1.165, 1.54) is 0 Å². The Morgan fingerprint density at radius 1 is 1.07 bits per heavy atom. The van der Waals surface area contributed by atoms with Crippen molar-refractivity contribution < 1.29 is 10.2 Å². The van der Waals surface area contributed by atoms with E-state index in [9.17, 15) is 5.11 Å². The molecule has 0 spiro atoms. The Kier molecular flexibility index (Phi) is 7.15. The Hall–Kier alpha value is -0.120. The minimum Gasteiger partial charge on any atom is -0.396 e. The van der Waals surface area contributed by atoms with Gasteiger partial charge in [-0.25, -0.2) is 0 Å². The molecule has 0 unspecified atom stereocenters. The first-order valence-electron chi connectivity index (χ1n) is 5.47. The normalized spacial score (nSPS) is 12.4. The molecule has 3 heteroatoms. The molecule has 0 aromatic rings. The summed E-state index contributed by atoms with van der Waals surface area (Å²) >= 11 is 0. The molecule has 0 aromatic heterocycles. The highest BCUT2D eigenvalue weighted by Gasteiger charge is 2.12. The quantitative estimate of drug-likeness (QED) is 0.583. The lowest BCUT2D eigenvalue weighted by Crippen LogP contribution is -2.29. The van der Waals surface area contributed by atoms with Crippen molar-refractivity contribution in [3.63, 3.8) is 0 Å². The van der Waals surface area contributed by atoms with Gasteiger partial charge < -0.3 is 15.1 Å². The van der Waals surface area contributed by atoms with Crippen LogP contribution in [0, 0.1) is 0 Å². The van der Waals surface area contributed by atoms with E-state index in [1.54, 1.807) is 0 Å². The molecule has 0 aliphatic rings.